The Morgan fingerprint density at radius 1 is 0.840 bits per heavy atom. The Kier molecular flexibility index (Phi) is 5.49. The lowest BCUT2D eigenvalue weighted by molar-refractivity contribution is 0.248. The van der Waals surface area contributed by atoms with Crippen LogP contribution in [0.5, 0.6) is 11.5 Å². The molecule has 25 heavy (non-hydrogen) atoms. The summed E-state index contributed by atoms with van der Waals surface area (Å²) in [6.45, 7) is 9.56. The van der Waals surface area contributed by atoms with Crippen molar-refractivity contribution in [3.63, 3.8) is 0 Å². The molecular formula is C21H28N2O2. The molecule has 0 aromatic heterocycles. The Bertz CT molecular complexity index is 722. The van der Waals surface area contributed by atoms with Crippen LogP contribution in [0.25, 0.3) is 0 Å². The van der Waals surface area contributed by atoms with Gasteiger partial charge < -0.3 is 14.4 Å². The topological polar surface area (TPSA) is 24.9 Å². The van der Waals surface area contributed by atoms with Crippen LogP contribution in [0.3, 0.4) is 0 Å². The molecule has 0 saturated carbocycles. The highest BCUT2D eigenvalue weighted by molar-refractivity contribution is 5.53. The number of para-hydroxylation sites is 1. The van der Waals surface area contributed by atoms with Crippen LogP contribution in [0.4, 0.5) is 5.69 Å². The number of ether oxygens (including phenoxy) is 2. The van der Waals surface area contributed by atoms with Gasteiger partial charge in [-0.15, -0.1) is 0 Å². The van der Waals surface area contributed by atoms with E-state index in [1.54, 1.807) is 14.2 Å². The van der Waals surface area contributed by atoms with E-state index in [4.69, 9.17) is 9.47 Å². The molecule has 0 spiro atoms. The van der Waals surface area contributed by atoms with Crippen molar-refractivity contribution in [1.29, 1.82) is 0 Å². The second kappa shape index (κ2) is 7.79. The van der Waals surface area contributed by atoms with Gasteiger partial charge in [0.2, 0.25) is 0 Å². The lowest BCUT2D eigenvalue weighted by atomic mass is 10.1. The van der Waals surface area contributed by atoms with Crippen LogP contribution >= 0.6 is 0 Å². The van der Waals surface area contributed by atoms with E-state index >= 15 is 0 Å². The molecule has 4 nitrogen and oxygen atoms in total. The lowest BCUT2D eigenvalue weighted by Crippen LogP contribution is -2.46. The first kappa shape index (κ1) is 17.6. The monoisotopic (exact) mass is 340 g/mol. The molecule has 4 heteroatoms. The largest absolute Gasteiger partial charge is 0.493 e. The van der Waals surface area contributed by atoms with Crippen LogP contribution in [0, 0.1) is 13.8 Å². The molecular weight excluding hydrogens is 312 g/mol. The third-order valence-corrected chi connectivity index (χ3v) is 5.06. The summed E-state index contributed by atoms with van der Waals surface area (Å²) < 4.78 is 10.8. The fourth-order valence-corrected chi connectivity index (χ4v) is 3.50. The summed E-state index contributed by atoms with van der Waals surface area (Å²) in [5.74, 6) is 1.61. The minimum Gasteiger partial charge on any atom is -0.493 e. The molecule has 3 rings (SSSR count). The number of methoxy groups -OCH3 is 2. The first-order valence-electron chi connectivity index (χ1n) is 8.87. The molecule has 134 valence electrons. The average molecular weight is 340 g/mol. The number of aryl methyl sites for hydroxylation is 2. The number of nitrogens with zero attached hydrogens (tertiary/aromatic N) is 2. The van der Waals surface area contributed by atoms with Crippen molar-refractivity contribution in [3.05, 3.63) is 53.1 Å². The molecule has 1 saturated heterocycles. The minimum absolute atomic E-state index is 0.799. The quantitative estimate of drug-likeness (QED) is 0.830. The van der Waals surface area contributed by atoms with Gasteiger partial charge in [0.25, 0.3) is 0 Å². The van der Waals surface area contributed by atoms with Crippen molar-refractivity contribution in [2.45, 2.75) is 20.4 Å². The summed E-state index contributed by atoms with van der Waals surface area (Å²) in [6, 6.07) is 12.8. The molecule has 1 aliphatic rings. The van der Waals surface area contributed by atoms with Crippen molar-refractivity contribution in [3.8, 4) is 11.5 Å². The van der Waals surface area contributed by atoms with Gasteiger partial charge in [0.05, 0.1) is 14.2 Å². The molecule has 0 unspecified atom stereocenters. The van der Waals surface area contributed by atoms with Gasteiger partial charge in [0.1, 0.15) is 0 Å². The van der Waals surface area contributed by atoms with Gasteiger partial charge in [-0.3, -0.25) is 4.90 Å². The van der Waals surface area contributed by atoms with E-state index in [1.807, 2.05) is 0 Å². The van der Waals surface area contributed by atoms with E-state index in [0.717, 1.165) is 44.2 Å². The number of piperazine rings is 1. The maximum atomic E-state index is 5.46. The fourth-order valence-electron chi connectivity index (χ4n) is 3.50. The maximum Gasteiger partial charge on any atom is 0.161 e. The number of hydrogen-bond acceptors (Lipinski definition) is 4. The van der Waals surface area contributed by atoms with Gasteiger partial charge in [-0.1, -0.05) is 18.2 Å². The molecule has 0 radical (unpaired) electrons. The number of rotatable bonds is 5. The Morgan fingerprint density at radius 3 is 2.12 bits per heavy atom. The van der Waals surface area contributed by atoms with Crippen LogP contribution in [0.2, 0.25) is 0 Å². The van der Waals surface area contributed by atoms with E-state index in [2.05, 4.69) is 60.0 Å². The molecule has 1 heterocycles. The van der Waals surface area contributed by atoms with Gasteiger partial charge in [0, 0.05) is 38.4 Å². The van der Waals surface area contributed by atoms with Gasteiger partial charge in [-0.2, -0.15) is 0 Å². The van der Waals surface area contributed by atoms with Crippen molar-refractivity contribution < 1.29 is 9.47 Å². The van der Waals surface area contributed by atoms with Gasteiger partial charge in [-0.25, -0.2) is 0 Å². The lowest BCUT2D eigenvalue weighted by Gasteiger charge is -2.37. The van der Waals surface area contributed by atoms with Crippen LogP contribution in [-0.2, 0) is 6.54 Å². The minimum atomic E-state index is 0.799. The van der Waals surface area contributed by atoms with Crippen LogP contribution < -0.4 is 14.4 Å². The summed E-state index contributed by atoms with van der Waals surface area (Å²) in [5.41, 5.74) is 5.28. The van der Waals surface area contributed by atoms with Crippen molar-refractivity contribution in [2.75, 3.05) is 45.3 Å². The average Bonchev–Trinajstić information content (AvgIpc) is 2.64. The first-order chi connectivity index (χ1) is 12.1. The second-order valence-corrected chi connectivity index (χ2v) is 6.68. The maximum absolute atomic E-state index is 5.46. The first-order valence-corrected chi connectivity index (χ1v) is 8.87. The highest BCUT2D eigenvalue weighted by Crippen LogP contribution is 2.31. The molecule has 2 aromatic rings. The van der Waals surface area contributed by atoms with E-state index in [1.165, 1.54) is 22.4 Å². The van der Waals surface area contributed by atoms with E-state index < -0.39 is 0 Å². The zero-order valence-corrected chi connectivity index (χ0v) is 15.7. The molecule has 1 aliphatic heterocycles. The molecule has 0 amide bonds. The van der Waals surface area contributed by atoms with Crippen LogP contribution in [0.1, 0.15) is 16.7 Å². The SMILES string of the molecule is COc1cc(C)c(CN2CCN(c3ccccc3C)CC2)cc1OC. The molecule has 0 atom stereocenters. The summed E-state index contributed by atoms with van der Waals surface area (Å²) in [6.07, 6.45) is 0. The Hall–Kier alpha value is -2.20. The Balaban J connectivity index is 1.65. The van der Waals surface area contributed by atoms with Gasteiger partial charge >= 0.3 is 0 Å². The molecule has 1 fully saturated rings. The van der Waals surface area contributed by atoms with Gasteiger partial charge in [0.15, 0.2) is 11.5 Å². The summed E-state index contributed by atoms with van der Waals surface area (Å²) in [4.78, 5) is 5.01. The fraction of sp³-hybridized carbons (Fsp3) is 0.429. The standard InChI is InChI=1S/C21H28N2O2/c1-16-7-5-6-8-19(16)23-11-9-22(10-12-23)15-18-14-21(25-4)20(24-3)13-17(18)2/h5-8,13-14H,9-12,15H2,1-4H3. The zero-order valence-electron chi connectivity index (χ0n) is 15.7. The van der Waals surface area contributed by atoms with E-state index in [9.17, 15) is 0 Å². The Labute approximate surface area is 151 Å². The Morgan fingerprint density at radius 2 is 1.48 bits per heavy atom. The van der Waals surface area contributed by atoms with Crippen LogP contribution in [0.15, 0.2) is 36.4 Å². The second-order valence-electron chi connectivity index (χ2n) is 6.68. The normalized spacial score (nSPS) is 15.3. The third kappa shape index (κ3) is 3.90. The number of benzene rings is 2. The summed E-state index contributed by atoms with van der Waals surface area (Å²) in [7, 11) is 3.37. The van der Waals surface area contributed by atoms with Gasteiger partial charge in [-0.05, 0) is 48.7 Å². The highest BCUT2D eigenvalue weighted by atomic mass is 16.5. The predicted molar refractivity (Wildman–Crippen MR) is 103 cm³/mol. The van der Waals surface area contributed by atoms with Crippen molar-refractivity contribution in [1.82, 2.24) is 4.90 Å². The third-order valence-electron chi connectivity index (χ3n) is 5.06. The molecule has 0 bridgehead atoms. The van der Waals surface area contributed by atoms with Crippen LogP contribution in [-0.4, -0.2) is 45.3 Å². The number of anilines is 1. The van der Waals surface area contributed by atoms with E-state index in [0.29, 0.717) is 0 Å². The molecule has 0 aliphatic carbocycles. The summed E-state index contributed by atoms with van der Waals surface area (Å²) >= 11 is 0. The van der Waals surface area contributed by atoms with E-state index in [-0.39, 0.29) is 0 Å². The highest BCUT2D eigenvalue weighted by Gasteiger charge is 2.19. The van der Waals surface area contributed by atoms with Crippen molar-refractivity contribution >= 4 is 5.69 Å². The number of hydrogen-bond donors (Lipinski definition) is 0. The zero-order chi connectivity index (χ0) is 17.8. The summed E-state index contributed by atoms with van der Waals surface area (Å²) in [5, 5.41) is 0. The van der Waals surface area contributed by atoms with Crippen molar-refractivity contribution in [2.24, 2.45) is 0 Å². The molecule has 0 N–H and O–H groups in total. The predicted octanol–water partition coefficient (Wildman–Crippen LogP) is 3.64. The smallest absolute Gasteiger partial charge is 0.161 e. The molecule has 2 aromatic carbocycles.